The van der Waals surface area contributed by atoms with Gasteiger partial charge in [0.05, 0.1) is 19.8 Å². The first-order chi connectivity index (χ1) is 13.8. The van der Waals surface area contributed by atoms with Gasteiger partial charge in [0, 0.05) is 38.7 Å². The SMILES string of the molecule is O=C(/C=C/c1ccc2c(c1)CCO2)NCc1ccccc1CN1CCOCC1. The van der Waals surface area contributed by atoms with Crippen molar-refractivity contribution in [3.05, 3.63) is 70.8 Å². The second-order valence-corrected chi connectivity index (χ2v) is 7.17. The van der Waals surface area contributed by atoms with Gasteiger partial charge in [0.2, 0.25) is 5.91 Å². The van der Waals surface area contributed by atoms with Crippen LogP contribution in [0, 0.1) is 0 Å². The van der Waals surface area contributed by atoms with E-state index in [-0.39, 0.29) is 5.91 Å². The highest BCUT2D eigenvalue weighted by molar-refractivity contribution is 5.91. The van der Waals surface area contributed by atoms with Crippen molar-refractivity contribution < 1.29 is 14.3 Å². The molecule has 2 aliphatic heterocycles. The summed E-state index contributed by atoms with van der Waals surface area (Å²) in [5, 5.41) is 3.01. The summed E-state index contributed by atoms with van der Waals surface area (Å²) in [5.74, 6) is 0.872. The Balaban J connectivity index is 1.33. The maximum Gasteiger partial charge on any atom is 0.244 e. The molecule has 28 heavy (non-hydrogen) atoms. The molecule has 0 bridgehead atoms. The van der Waals surface area contributed by atoms with Crippen LogP contribution in [0.4, 0.5) is 0 Å². The lowest BCUT2D eigenvalue weighted by molar-refractivity contribution is -0.116. The molecular weight excluding hydrogens is 352 g/mol. The highest BCUT2D eigenvalue weighted by Crippen LogP contribution is 2.26. The summed E-state index contributed by atoms with van der Waals surface area (Å²) >= 11 is 0. The first kappa shape index (κ1) is 18.7. The smallest absolute Gasteiger partial charge is 0.244 e. The molecule has 2 aliphatic rings. The second kappa shape index (κ2) is 9.04. The molecule has 5 nitrogen and oxygen atoms in total. The number of morpholine rings is 1. The third-order valence-corrected chi connectivity index (χ3v) is 5.21. The van der Waals surface area contributed by atoms with Crippen LogP contribution >= 0.6 is 0 Å². The maximum absolute atomic E-state index is 12.3. The molecule has 1 saturated heterocycles. The molecular formula is C23H26N2O3. The Kier molecular flexibility index (Phi) is 6.04. The Morgan fingerprint density at radius 1 is 1.07 bits per heavy atom. The van der Waals surface area contributed by atoms with Crippen molar-refractivity contribution in [2.75, 3.05) is 32.9 Å². The zero-order chi connectivity index (χ0) is 19.2. The van der Waals surface area contributed by atoms with Crippen molar-refractivity contribution in [1.29, 1.82) is 0 Å². The first-order valence-electron chi connectivity index (χ1n) is 9.86. The van der Waals surface area contributed by atoms with Crippen LogP contribution in [0.5, 0.6) is 5.75 Å². The van der Waals surface area contributed by atoms with Crippen LogP contribution < -0.4 is 10.1 Å². The molecule has 4 rings (SSSR count). The summed E-state index contributed by atoms with van der Waals surface area (Å²) in [6.07, 6.45) is 4.39. The van der Waals surface area contributed by atoms with Gasteiger partial charge in [0.15, 0.2) is 0 Å². The van der Waals surface area contributed by atoms with E-state index < -0.39 is 0 Å². The molecule has 2 heterocycles. The van der Waals surface area contributed by atoms with Crippen LogP contribution in [-0.2, 0) is 29.0 Å². The van der Waals surface area contributed by atoms with Crippen LogP contribution in [0.1, 0.15) is 22.3 Å². The summed E-state index contributed by atoms with van der Waals surface area (Å²) in [6, 6.07) is 14.3. The van der Waals surface area contributed by atoms with E-state index in [1.165, 1.54) is 11.1 Å². The predicted molar refractivity (Wildman–Crippen MR) is 109 cm³/mol. The number of fused-ring (bicyclic) bond motifs is 1. The Hall–Kier alpha value is -2.63. The molecule has 1 amide bonds. The minimum atomic E-state index is -0.0853. The molecule has 0 saturated carbocycles. The van der Waals surface area contributed by atoms with E-state index in [0.29, 0.717) is 6.54 Å². The fraction of sp³-hybridized carbons (Fsp3) is 0.348. The highest BCUT2D eigenvalue weighted by Gasteiger charge is 2.13. The Morgan fingerprint density at radius 2 is 1.89 bits per heavy atom. The van der Waals surface area contributed by atoms with Gasteiger partial charge in [-0.05, 0) is 40.5 Å². The van der Waals surface area contributed by atoms with Crippen LogP contribution in [0.15, 0.2) is 48.5 Å². The van der Waals surface area contributed by atoms with E-state index >= 15 is 0 Å². The molecule has 1 N–H and O–H groups in total. The van der Waals surface area contributed by atoms with Crippen LogP contribution in [0.25, 0.3) is 6.08 Å². The minimum Gasteiger partial charge on any atom is -0.493 e. The Morgan fingerprint density at radius 3 is 2.75 bits per heavy atom. The summed E-state index contributed by atoms with van der Waals surface area (Å²) in [4.78, 5) is 14.7. The molecule has 0 spiro atoms. The molecule has 2 aromatic rings. The van der Waals surface area contributed by atoms with Crippen LogP contribution in [-0.4, -0.2) is 43.7 Å². The standard InChI is InChI=1S/C23H26N2O3/c26-23(8-6-18-5-7-22-19(15-18)9-12-28-22)24-16-20-3-1-2-4-21(20)17-25-10-13-27-14-11-25/h1-8,15H,9-14,16-17H2,(H,24,26)/b8-6+. The van der Waals surface area contributed by atoms with Crippen molar-refractivity contribution in [3.8, 4) is 5.75 Å². The van der Waals surface area contributed by atoms with E-state index in [4.69, 9.17) is 9.47 Å². The summed E-state index contributed by atoms with van der Waals surface area (Å²) in [6.45, 7) is 5.65. The fourth-order valence-electron chi connectivity index (χ4n) is 3.61. The lowest BCUT2D eigenvalue weighted by Crippen LogP contribution is -2.36. The number of benzene rings is 2. The van der Waals surface area contributed by atoms with Gasteiger partial charge >= 0.3 is 0 Å². The largest absolute Gasteiger partial charge is 0.493 e. The van der Waals surface area contributed by atoms with Gasteiger partial charge < -0.3 is 14.8 Å². The monoisotopic (exact) mass is 378 g/mol. The average molecular weight is 378 g/mol. The van der Waals surface area contributed by atoms with Crippen LogP contribution in [0.2, 0.25) is 0 Å². The molecule has 0 aromatic heterocycles. The molecule has 0 atom stereocenters. The number of nitrogens with one attached hydrogen (secondary N) is 1. The van der Waals surface area contributed by atoms with Gasteiger partial charge in [-0.1, -0.05) is 30.3 Å². The number of rotatable bonds is 6. The second-order valence-electron chi connectivity index (χ2n) is 7.17. The van der Waals surface area contributed by atoms with Crippen molar-refractivity contribution in [2.45, 2.75) is 19.5 Å². The summed E-state index contributed by atoms with van der Waals surface area (Å²) < 4.78 is 10.9. The number of amides is 1. The zero-order valence-electron chi connectivity index (χ0n) is 16.0. The molecule has 5 heteroatoms. The van der Waals surface area contributed by atoms with E-state index in [0.717, 1.165) is 62.8 Å². The Bertz CT molecular complexity index is 857. The van der Waals surface area contributed by atoms with E-state index in [1.54, 1.807) is 6.08 Å². The van der Waals surface area contributed by atoms with Crippen molar-refractivity contribution >= 4 is 12.0 Å². The van der Waals surface area contributed by atoms with Gasteiger partial charge in [-0.15, -0.1) is 0 Å². The van der Waals surface area contributed by atoms with Crippen molar-refractivity contribution in [2.24, 2.45) is 0 Å². The summed E-state index contributed by atoms with van der Waals surface area (Å²) in [7, 11) is 0. The molecule has 2 aromatic carbocycles. The summed E-state index contributed by atoms with van der Waals surface area (Å²) in [5.41, 5.74) is 4.64. The lowest BCUT2D eigenvalue weighted by atomic mass is 10.1. The number of nitrogens with zero attached hydrogens (tertiary/aromatic N) is 1. The number of carbonyl (C=O) groups is 1. The molecule has 0 radical (unpaired) electrons. The first-order valence-corrected chi connectivity index (χ1v) is 9.86. The van der Waals surface area contributed by atoms with Gasteiger partial charge in [-0.3, -0.25) is 9.69 Å². The molecule has 146 valence electrons. The Labute approximate surface area is 165 Å². The fourth-order valence-corrected chi connectivity index (χ4v) is 3.61. The van der Waals surface area contributed by atoms with Crippen molar-refractivity contribution in [1.82, 2.24) is 10.2 Å². The zero-order valence-corrected chi connectivity index (χ0v) is 16.0. The number of carbonyl (C=O) groups excluding carboxylic acids is 1. The molecule has 1 fully saturated rings. The number of hydrogen-bond donors (Lipinski definition) is 1. The third kappa shape index (κ3) is 4.80. The third-order valence-electron chi connectivity index (χ3n) is 5.21. The van der Waals surface area contributed by atoms with E-state index in [1.807, 2.05) is 24.3 Å². The van der Waals surface area contributed by atoms with Gasteiger partial charge in [0.25, 0.3) is 0 Å². The van der Waals surface area contributed by atoms with E-state index in [9.17, 15) is 4.79 Å². The predicted octanol–water partition coefficient (Wildman–Crippen LogP) is 2.78. The van der Waals surface area contributed by atoms with Crippen LogP contribution in [0.3, 0.4) is 0 Å². The van der Waals surface area contributed by atoms with Crippen molar-refractivity contribution in [3.63, 3.8) is 0 Å². The van der Waals surface area contributed by atoms with E-state index in [2.05, 4.69) is 34.5 Å². The quantitative estimate of drug-likeness (QED) is 0.786. The van der Waals surface area contributed by atoms with Gasteiger partial charge in [-0.2, -0.15) is 0 Å². The normalized spacial score (nSPS) is 16.7. The lowest BCUT2D eigenvalue weighted by Gasteiger charge is -2.27. The number of hydrogen-bond acceptors (Lipinski definition) is 4. The maximum atomic E-state index is 12.3. The average Bonchev–Trinajstić information content (AvgIpc) is 3.20. The molecule has 0 unspecified atom stereocenters. The van der Waals surface area contributed by atoms with Gasteiger partial charge in [0.1, 0.15) is 5.75 Å². The van der Waals surface area contributed by atoms with Gasteiger partial charge in [-0.25, -0.2) is 0 Å². The minimum absolute atomic E-state index is 0.0853. The molecule has 0 aliphatic carbocycles. The topological polar surface area (TPSA) is 50.8 Å². The highest BCUT2D eigenvalue weighted by atomic mass is 16.5. The number of ether oxygens (including phenoxy) is 2.